The molecule has 4 aromatic rings. The van der Waals surface area contributed by atoms with Gasteiger partial charge >= 0.3 is 5.97 Å². The molecule has 0 radical (unpaired) electrons. The van der Waals surface area contributed by atoms with Gasteiger partial charge in [-0.3, -0.25) is 19.0 Å². The van der Waals surface area contributed by atoms with Crippen molar-refractivity contribution in [3.05, 3.63) is 88.5 Å². The lowest BCUT2D eigenvalue weighted by atomic mass is 10.1. The van der Waals surface area contributed by atoms with E-state index in [2.05, 4.69) is 15.0 Å². The zero-order chi connectivity index (χ0) is 26.5. The average Bonchev–Trinajstić information content (AvgIpc) is 2.91. The topological polar surface area (TPSA) is 127 Å². The first-order valence-electron chi connectivity index (χ1n) is 11.2. The van der Waals surface area contributed by atoms with Crippen LogP contribution in [0.1, 0.15) is 15.9 Å². The minimum absolute atomic E-state index is 0.196. The van der Waals surface area contributed by atoms with Gasteiger partial charge < -0.3 is 19.7 Å². The van der Waals surface area contributed by atoms with Gasteiger partial charge in [0, 0.05) is 31.4 Å². The number of nitrogens with one attached hydrogen (secondary N) is 1. The first-order valence-corrected chi connectivity index (χ1v) is 11.2. The number of fused-ring (bicyclic) bond motifs is 1. The molecule has 1 amide bonds. The van der Waals surface area contributed by atoms with Gasteiger partial charge in [-0.15, -0.1) is 0 Å². The van der Waals surface area contributed by atoms with E-state index in [0.29, 0.717) is 22.4 Å². The predicted octanol–water partition coefficient (Wildman–Crippen LogP) is 3.55. The maximum Gasteiger partial charge on any atom is 0.325 e. The summed E-state index contributed by atoms with van der Waals surface area (Å²) in [5.41, 5.74) is 1.78. The summed E-state index contributed by atoms with van der Waals surface area (Å²) in [6.45, 7) is -0.295. The molecular weight excluding hydrogens is 474 g/mol. The highest BCUT2D eigenvalue weighted by Gasteiger charge is 2.16. The van der Waals surface area contributed by atoms with Gasteiger partial charge in [0.05, 0.1) is 41.7 Å². The van der Waals surface area contributed by atoms with E-state index >= 15 is 0 Å². The molecule has 3 aromatic carbocycles. The summed E-state index contributed by atoms with van der Waals surface area (Å²) in [7, 11) is 5.03. The molecule has 0 unspecified atom stereocenters. The van der Waals surface area contributed by atoms with Gasteiger partial charge in [0.1, 0.15) is 12.3 Å². The summed E-state index contributed by atoms with van der Waals surface area (Å²) in [4.78, 5) is 44.0. The van der Waals surface area contributed by atoms with Crippen LogP contribution in [-0.2, 0) is 16.1 Å². The number of hydrogen-bond acceptors (Lipinski definition) is 8. The van der Waals surface area contributed by atoms with Gasteiger partial charge in [0.25, 0.3) is 11.5 Å². The van der Waals surface area contributed by atoms with Crippen LogP contribution in [0.2, 0.25) is 0 Å². The number of carbonyl (C=O) groups excluding carboxylic acids is 2. The third-order valence-corrected chi connectivity index (χ3v) is 5.54. The molecule has 0 bridgehead atoms. The molecule has 186 valence electrons. The van der Waals surface area contributed by atoms with Crippen LogP contribution < -0.4 is 20.5 Å². The van der Waals surface area contributed by atoms with E-state index in [1.165, 1.54) is 25.6 Å². The standard InChI is InChI=1S/C27H23N5O5/c1-31(2)19-5-4-6-20(11-19)37-24-12-21-22(29-16-32(27(21)35)15-25(33)36-3)13-23(24)30-26(34)18-9-7-17(14-28)8-10-18/h4-13,16H,15H2,1-3H3,(H,30,34). The summed E-state index contributed by atoms with van der Waals surface area (Å²) in [6, 6.07) is 18.5. The Balaban J connectivity index is 1.78. The van der Waals surface area contributed by atoms with Gasteiger partial charge in [0.2, 0.25) is 0 Å². The minimum Gasteiger partial charge on any atom is -0.468 e. The quantitative estimate of drug-likeness (QED) is 0.384. The lowest BCUT2D eigenvalue weighted by Gasteiger charge is -2.16. The minimum atomic E-state index is -0.591. The van der Waals surface area contributed by atoms with Crippen molar-refractivity contribution in [2.75, 3.05) is 31.4 Å². The van der Waals surface area contributed by atoms with E-state index in [-0.39, 0.29) is 23.4 Å². The van der Waals surface area contributed by atoms with Crippen LogP contribution in [0, 0.1) is 11.3 Å². The van der Waals surface area contributed by atoms with Gasteiger partial charge in [-0.05, 0) is 48.5 Å². The van der Waals surface area contributed by atoms with Crippen LogP contribution in [0.3, 0.4) is 0 Å². The molecule has 10 nitrogen and oxygen atoms in total. The second kappa shape index (κ2) is 10.6. The molecular formula is C27H23N5O5. The maximum absolute atomic E-state index is 13.1. The number of nitrogens with zero attached hydrogens (tertiary/aromatic N) is 4. The average molecular weight is 498 g/mol. The molecule has 0 aliphatic rings. The zero-order valence-electron chi connectivity index (χ0n) is 20.4. The smallest absolute Gasteiger partial charge is 0.325 e. The van der Waals surface area contributed by atoms with Crippen molar-refractivity contribution in [3.63, 3.8) is 0 Å². The molecule has 0 aliphatic heterocycles. The van der Waals surface area contributed by atoms with Gasteiger partial charge in [-0.25, -0.2) is 4.98 Å². The lowest BCUT2D eigenvalue weighted by molar-refractivity contribution is -0.141. The number of benzene rings is 3. The first kappa shape index (κ1) is 24.9. The largest absolute Gasteiger partial charge is 0.468 e. The Morgan fingerprint density at radius 2 is 1.86 bits per heavy atom. The van der Waals surface area contributed by atoms with Crippen LogP contribution in [-0.4, -0.2) is 42.6 Å². The number of rotatable bonds is 7. The second-order valence-corrected chi connectivity index (χ2v) is 8.26. The Bertz CT molecular complexity index is 1590. The summed E-state index contributed by atoms with van der Waals surface area (Å²) >= 11 is 0. The third kappa shape index (κ3) is 5.57. The maximum atomic E-state index is 13.1. The summed E-state index contributed by atoms with van der Waals surface area (Å²) in [5.74, 6) is -0.334. The Morgan fingerprint density at radius 3 is 2.54 bits per heavy atom. The monoisotopic (exact) mass is 497 g/mol. The highest BCUT2D eigenvalue weighted by atomic mass is 16.5. The van der Waals surface area contributed by atoms with Crippen LogP contribution in [0.25, 0.3) is 10.9 Å². The second-order valence-electron chi connectivity index (χ2n) is 8.26. The molecule has 0 aliphatic carbocycles. The van der Waals surface area contributed by atoms with Gasteiger partial charge in [-0.1, -0.05) is 6.07 Å². The molecule has 0 fully saturated rings. The van der Waals surface area contributed by atoms with Crippen molar-refractivity contribution in [1.29, 1.82) is 5.26 Å². The molecule has 1 N–H and O–H groups in total. The van der Waals surface area contributed by atoms with Crippen LogP contribution in [0.5, 0.6) is 11.5 Å². The number of aromatic nitrogens is 2. The van der Waals surface area contributed by atoms with Crippen LogP contribution in [0.15, 0.2) is 71.8 Å². The third-order valence-electron chi connectivity index (χ3n) is 5.54. The van der Waals surface area contributed by atoms with Crippen molar-refractivity contribution < 1.29 is 19.1 Å². The van der Waals surface area contributed by atoms with E-state index in [9.17, 15) is 14.4 Å². The Labute approximate surface area is 212 Å². The number of ether oxygens (including phenoxy) is 2. The summed E-state index contributed by atoms with van der Waals surface area (Å²) < 4.78 is 11.9. The van der Waals surface area contributed by atoms with Crippen molar-refractivity contribution in [2.45, 2.75) is 6.54 Å². The molecule has 4 rings (SSSR count). The van der Waals surface area contributed by atoms with Crippen LogP contribution in [0.4, 0.5) is 11.4 Å². The molecule has 0 saturated carbocycles. The molecule has 37 heavy (non-hydrogen) atoms. The molecule has 0 atom stereocenters. The Hall–Kier alpha value is -5.17. The van der Waals surface area contributed by atoms with E-state index < -0.39 is 17.4 Å². The number of nitriles is 1. The molecule has 0 saturated heterocycles. The number of anilines is 2. The van der Waals surface area contributed by atoms with Gasteiger partial charge in [0.15, 0.2) is 5.75 Å². The van der Waals surface area contributed by atoms with Gasteiger partial charge in [-0.2, -0.15) is 5.26 Å². The van der Waals surface area contributed by atoms with E-state index in [4.69, 9.17) is 10.00 Å². The van der Waals surface area contributed by atoms with E-state index in [1.54, 1.807) is 30.3 Å². The summed E-state index contributed by atoms with van der Waals surface area (Å²) in [5, 5.41) is 12.0. The molecule has 1 heterocycles. The van der Waals surface area contributed by atoms with Crippen molar-refractivity contribution >= 4 is 34.2 Å². The molecule has 1 aromatic heterocycles. The molecule has 0 spiro atoms. The fourth-order valence-corrected chi connectivity index (χ4v) is 3.53. The fourth-order valence-electron chi connectivity index (χ4n) is 3.53. The highest BCUT2D eigenvalue weighted by Crippen LogP contribution is 2.34. The summed E-state index contributed by atoms with van der Waals surface area (Å²) in [6.07, 6.45) is 1.24. The number of amides is 1. The van der Waals surface area contributed by atoms with Crippen LogP contribution >= 0.6 is 0 Å². The lowest BCUT2D eigenvalue weighted by Crippen LogP contribution is -2.25. The number of methoxy groups -OCH3 is 1. The Morgan fingerprint density at radius 1 is 1.11 bits per heavy atom. The first-order chi connectivity index (χ1) is 17.8. The molecule has 10 heteroatoms. The SMILES string of the molecule is COC(=O)Cn1cnc2cc(NC(=O)c3ccc(C#N)cc3)c(Oc3cccc(N(C)C)c3)cc2c1=O. The number of hydrogen-bond donors (Lipinski definition) is 1. The zero-order valence-corrected chi connectivity index (χ0v) is 20.4. The number of carbonyl (C=O) groups is 2. The Kier molecular flexibility index (Phi) is 7.16. The van der Waals surface area contributed by atoms with Crippen molar-refractivity contribution in [2.24, 2.45) is 0 Å². The predicted molar refractivity (Wildman–Crippen MR) is 138 cm³/mol. The van der Waals surface area contributed by atoms with Crippen molar-refractivity contribution in [3.8, 4) is 17.6 Å². The van der Waals surface area contributed by atoms with Crippen molar-refractivity contribution in [1.82, 2.24) is 9.55 Å². The normalized spacial score (nSPS) is 10.4. The highest BCUT2D eigenvalue weighted by molar-refractivity contribution is 6.06. The fraction of sp³-hybridized carbons (Fsp3) is 0.148. The van der Waals surface area contributed by atoms with E-state index in [0.717, 1.165) is 10.3 Å². The van der Waals surface area contributed by atoms with E-state index in [1.807, 2.05) is 43.3 Å². The number of esters is 1.